The predicted octanol–water partition coefficient (Wildman–Crippen LogP) is 5.66. The van der Waals surface area contributed by atoms with Gasteiger partial charge in [-0.15, -0.1) is 0 Å². The van der Waals surface area contributed by atoms with E-state index < -0.39 is 0 Å². The van der Waals surface area contributed by atoms with Crippen molar-refractivity contribution < 1.29 is 4.79 Å². The van der Waals surface area contributed by atoms with Crippen LogP contribution in [0.2, 0.25) is 5.02 Å². The van der Waals surface area contributed by atoms with E-state index in [0.717, 1.165) is 22.8 Å². The highest BCUT2D eigenvalue weighted by Gasteiger charge is 2.32. The molecule has 0 atom stereocenters. The Hall–Kier alpha value is -2.04. The highest BCUT2D eigenvalue weighted by Crippen LogP contribution is 2.34. The molecule has 5 heteroatoms. The van der Waals surface area contributed by atoms with E-state index >= 15 is 0 Å². The van der Waals surface area contributed by atoms with Gasteiger partial charge in [-0.05, 0) is 61.0 Å². The lowest BCUT2D eigenvalue weighted by Gasteiger charge is -2.13. The van der Waals surface area contributed by atoms with Gasteiger partial charge in [0.25, 0.3) is 5.91 Å². The molecule has 1 aliphatic rings. The fourth-order valence-electron chi connectivity index (χ4n) is 2.45. The van der Waals surface area contributed by atoms with Crippen molar-refractivity contribution in [2.45, 2.75) is 20.3 Å². The molecule has 2 aromatic carbocycles. The van der Waals surface area contributed by atoms with E-state index in [-0.39, 0.29) is 5.91 Å². The molecule has 0 saturated carbocycles. The lowest BCUT2D eigenvalue weighted by atomic mass is 10.2. The highest BCUT2D eigenvalue weighted by molar-refractivity contribution is 8.18. The number of benzene rings is 2. The molecular weight excluding hydrogens is 352 g/mol. The molecule has 0 aromatic heterocycles. The van der Waals surface area contributed by atoms with Gasteiger partial charge in [0.2, 0.25) is 0 Å². The van der Waals surface area contributed by atoms with Crippen molar-refractivity contribution in [1.29, 1.82) is 0 Å². The normalized spacial score (nSPS) is 17.7. The maximum atomic E-state index is 12.8. The van der Waals surface area contributed by atoms with Gasteiger partial charge in [0.15, 0.2) is 5.17 Å². The predicted molar refractivity (Wildman–Crippen MR) is 107 cm³/mol. The number of rotatable bonds is 4. The third-order valence-corrected chi connectivity index (χ3v) is 5.02. The van der Waals surface area contributed by atoms with Crippen molar-refractivity contribution in [3.05, 3.63) is 69.6 Å². The van der Waals surface area contributed by atoms with Crippen molar-refractivity contribution >= 4 is 46.2 Å². The van der Waals surface area contributed by atoms with Crippen LogP contribution in [-0.4, -0.2) is 22.5 Å². The Balaban J connectivity index is 1.91. The van der Waals surface area contributed by atoms with E-state index in [0.29, 0.717) is 16.5 Å². The van der Waals surface area contributed by atoms with E-state index in [9.17, 15) is 4.79 Å². The van der Waals surface area contributed by atoms with Crippen LogP contribution in [0.25, 0.3) is 6.08 Å². The molecule has 3 rings (SSSR count). The fourth-order valence-corrected chi connectivity index (χ4v) is 3.60. The third kappa shape index (κ3) is 4.33. The summed E-state index contributed by atoms with van der Waals surface area (Å²) in [6, 6.07) is 15.4. The summed E-state index contributed by atoms with van der Waals surface area (Å²) in [7, 11) is 0. The molecule has 0 radical (unpaired) electrons. The summed E-state index contributed by atoms with van der Waals surface area (Å²) in [5.74, 6) is 0.00709. The fraction of sp³-hybridized carbons (Fsp3) is 0.200. The van der Waals surface area contributed by atoms with Crippen molar-refractivity contribution in [2.24, 2.45) is 4.99 Å². The minimum atomic E-state index is 0.00709. The summed E-state index contributed by atoms with van der Waals surface area (Å²) < 4.78 is 0. The Bertz CT molecular complexity index is 826. The first-order valence-corrected chi connectivity index (χ1v) is 9.38. The van der Waals surface area contributed by atoms with Crippen LogP contribution in [0.3, 0.4) is 0 Å². The van der Waals surface area contributed by atoms with Gasteiger partial charge < -0.3 is 0 Å². The van der Waals surface area contributed by atoms with Crippen LogP contribution in [0.15, 0.2) is 58.4 Å². The average molecular weight is 371 g/mol. The standard InChI is InChI=1S/C20H19ClN2OS/c1-3-12-23-19(24)18(13-15-6-8-16(21)9-7-15)25-20(23)22-17-10-4-14(2)5-11-17/h4-11,13H,3,12H2,1-2H3/b18-13+,22-20?. The summed E-state index contributed by atoms with van der Waals surface area (Å²) in [6.45, 7) is 4.76. The first-order valence-electron chi connectivity index (χ1n) is 8.19. The lowest BCUT2D eigenvalue weighted by molar-refractivity contribution is -0.122. The summed E-state index contributed by atoms with van der Waals surface area (Å²) in [4.78, 5) is 19.9. The zero-order valence-corrected chi connectivity index (χ0v) is 15.8. The van der Waals surface area contributed by atoms with Crippen molar-refractivity contribution in [2.75, 3.05) is 6.54 Å². The van der Waals surface area contributed by atoms with Gasteiger partial charge in [0.1, 0.15) is 0 Å². The molecule has 0 unspecified atom stereocenters. The molecule has 0 bridgehead atoms. The number of carbonyl (C=O) groups is 1. The van der Waals surface area contributed by atoms with E-state index in [2.05, 4.69) is 11.9 Å². The minimum absolute atomic E-state index is 0.00709. The van der Waals surface area contributed by atoms with E-state index in [1.54, 1.807) is 4.90 Å². The Morgan fingerprint density at radius 2 is 1.80 bits per heavy atom. The van der Waals surface area contributed by atoms with Gasteiger partial charge in [-0.1, -0.05) is 48.4 Å². The smallest absolute Gasteiger partial charge is 0.266 e. The van der Waals surface area contributed by atoms with Gasteiger partial charge in [-0.25, -0.2) is 4.99 Å². The number of aryl methyl sites for hydroxylation is 1. The van der Waals surface area contributed by atoms with Crippen LogP contribution in [0.4, 0.5) is 5.69 Å². The Morgan fingerprint density at radius 3 is 2.44 bits per heavy atom. The summed E-state index contributed by atoms with van der Waals surface area (Å²) in [6.07, 6.45) is 2.77. The van der Waals surface area contributed by atoms with E-state index in [1.807, 2.05) is 61.5 Å². The van der Waals surface area contributed by atoms with Gasteiger partial charge >= 0.3 is 0 Å². The molecule has 1 fully saturated rings. The zero-order valence-electron chi connectivity index (χ0n) is 14.2. The van der Waals surface area contributed by atoms with Gasteiger partial charge in [0, 0.05) is 11.6 Å². The molecule has 25 heavy (non-hydrogen) atoms. The highest BCUT2D eigenvalue weighted by atomic mass is 35.5. The zero-order chi connectivity index (χ0) is 17.8. The maximum Gasteiger partial charge on any atom is 0.266 e. The molecule has 0 N–H and O–H groups in total. The second-order valence-corrected chi connectivity index (χ2v) is 7.29. The number of carbonyl (C=O) groups excluding carboxylic acids is 1. The van der Waals surface area contributed by atoms with Crippen LogP contribution in [0.5, 0.6) is 0 Å². The van der Waals surface area contributed by atoms with Crippen LogP contribution in [0, 0.1) is 6.92 Å². The molecule has 0 spiro atoms. The molecule has 1 heterocycles. The lowest BCUT2D eigenvalue weighted by Crippen LogP contribution is -2.29. The number of hydrogen-bond acceptors (Lipinski definition) is 3. The number of halogens is 1. The SMILES string of the molecule is CCCN1C(=O)/C(=C\c2ccc(Cl)cc2)SC1=Nc1ccc(C)cc1. The Kier molecular flexibility index (Phi) is 5.61. The van der Waals surface area contributed by atoms with E-state index in [1.165, 1.54) is 17.3 Å². The molecular formula is C20H19ClN2OS. The van der Waals surface area contributed by atoms with Gasteiger partial charge in [0.05, 0.1) is 10.6 Å². The molecule has 0 aliphatic carbocycles. The van der Waals surface area contributed by atoms with Crippen molar-refractivity contribution in [1.82, 2.24) is 4.90 Å². The van der Waals surface area contributed by atoms with Gasteiger partial charge in [-0.2, -0.15) is 0 Å². The van der Waals surface area contributed by atoms with Crippen LogP contribution < -0.4 is 0 Å². The average Bonchev–Trinajstić information content (AvgIpc) is 2.88. The van der Waals surface area contributed by atoms with E-state index in [4.69, 9.17) is 11.6 Å². The number of nitrogens with zero attached hydrogens (tertiary/aromatic N) is 2. The number of amides is 1. The first kappa shape index (κ1) is 17.8. The van der Waals surface area contributed by atoms with Crippen LogP contribution in [0.1, 0.15) is 24.5 Å². The second-order valence-electron chi connectivity index (χ2n) is 5.85. The van der Waals surface area contributed by atoms with Gasteiger partial charge in [-0.3, -0.25) is 9.69 Å². The number of amidine groups is 1. The Morgan fingerprint density at radius 1 is 1.12 bits per heavy atom. The molecule has 3 nitrogen and oxygen atoms in total. The molecule has 128 valence electrons. The Labute approximate surface area is 157 Å². The summed E-state index contributed by atoms with van der Waals surface area (Å²) in [5, 5.41) is 1.41. The van der Waals surface area contributed by atoms with Crippen molar-refractivity contribution in [3.63, 3.8) is 0 Å². The summed E-state index contributed by atoms with van der Waals surface area (Å²) >= 11 is 7.35. The first-order chi connectivity index (χ1) is 12.1. The number of hydrogen-bond donors (Lipinski definition) is 0. The molecule has 2 aromatic rings. The maximum absolute atomic E-state index is 12.8. The number of thioether (sulfide) groups is 1. The molecule has 1 saturated heterocycles. The molecule has 1 amide bonds. The third-order valence-electron chi connectivity index (χ3n) is 3.76. The van der Waals surface area contributed by atoms with Crippen LogP contribution in [-0.2, 0) is 4.79 Å². The second kappa shape index (κ2) is 7.89. The number of aliphatic imine (C=N–C) groups is 1. The van der Waals surface area contributed by atoms with Crippen molar-refractivity contribution in [3.8, 4) is 0 Å². The largest absolute Gasteiger partial charge is 0.286 e. The monoisotopic (exact) mass is 370 g/mol. The minimum Gasteiger partial charge on any atom is -0.286 e. The van der Waals surface area contributed by atoms with Crippen LogP contribution >= 0.6 is 23.4 Å². The molecule has 1 aliphatic heterocycles. The topological polar surface area (TPSA) is 32.7 Å². The summed E-state index contributed by atoms with van der Waals surface area (Å²) in [5.41, 5.74) is 3.00. The quantitative estimate of drug-likeness (QED) is 0.650.